The van der Waals surface area contributed by atoms with Crippen LogP contribution in [0.15, 0.2) is 12.3 Å². The summed E-state index contributed by atoms with van der Waals surface area (Å²) in [6.45, 7) is 5.25. The first kappa shape index (κ1) is 12.5. The minimum Gasteiger partial charge on any atom is -0.314 e. The van der Waals surface area contributed by atoms with Crippen molar-refractivity contribution in [3.05, 3.63) is 23.8 Å². The molecule has 1 atom stereocenters. The summed E-state index contributed by atoms with van der Waals surface area (Å²) in [5.74, 6) is 1.85. The second-order valence-electron chi connectivity index (χ2n) is 3.52. The molecule has 0 bridgehead atoms. The maximum atomic E-state index is 4.47. The lowest BCUT2D eigenvalue weighted by molar-refractivity contribution is 0.776. The summed E-state index contributed by atoms with van der Waals surface area (Å²) in [7, 11) is 1.93. The van der Waals surface area contributed by atoms with Crippen molar-refractivity contribution in [1.82, 2.24) is 15.3 Å². The van der Waals surface area contributed by atoms with Crippen LogP contribution in [0.4, 0.5) is 0 Å². The van der Waals surface area contributed by atoms with Crippen molar-refractivity contribution in [2.75, 3.05) is 7.05 Å². The summed E-state index contributed by atoms with van der Waals surface area (Å²) >= 11 is 1.91. The van der Waals surface area contributed by atoms with Crippen molar-refractivity contribution >= 4 is 11.8 Å². The highest BCUT2D eigenvalue weighted by atomic mass is 32.2. The maximum absolute atomic E-state index is 4.47. The van der Waals surface area contributed by atoms with E-state index in [9.17, 15) is 0 Å². The molecule has 0 radical (unpaired) electrons. The van der Waals surface area contributed by atoms with Gasteiger partial charge in [0.15, 0.2) is 0 Å². The van der Waals surface area contributed by atoms with Crippen molar-refractivity contribution in [3.63, 3.8) is 0 Å². The normalized spacial score (nSPS) is 12.7. The van der Waals surface area contributed by atoms with Crippen LogP contribution in [-0.4, -0.2) is 22.3 Å². The fourth-order valence-corrected chi connectivity index (χ4v) is 1.93. The Morgan fingerprint density at radius 1 is 1.53 bits per heavy atom. The molecule has 0 spiro atoms. The standard InChI is InChI=1S/C11H19N3S/c1-4-9(2)15-8-11-13-6-5-10(14-11)7-12-3/h5-6,9,12H,4,7-8H2,1-3H3. The van der Waals surface area contributed by atoms with Gasteiger partial charge >= 0.3 is 0 Å². The third-order valence-electron chi connectivity index (χ3n) is 2.19. The van der Waals surface area contributed by atoms with Crippen LogP contribution in [0.2, 0.25) is 0 Å². The first-order chi connectivity index (χ1) is 7.26. The van der Waals surface area contributed by atoms with Crippen molar-refractivity contribution in [1.29, 1.82) is 0 Å². The number of hydrogen-bond donors (Lipinski definition) is 1. The van der Waals surface area contributed by atoms with Gasteiger partial charge in [0.2, 0.25) is 0 Å². The van der Waals surface area contributed by atoms with Gasteiger partial charge in [-0.1, -0.05) is 13.8 Å². The molecule has 4 heteroatoms. The first-order valence-corrected chi connectivity index (χ1v) is 6.38. The van der Waals surface area contributed by atoms with E-state index in [1.54, 1.807) is 0 Å². The molecule has 0 aliphatic carbocycles. The molecule has 1 aromatic heterocycles. The zero-order valence-electron chi connectivity index (χ0n) is 9.66. The van der Waals surface area contributed by atoms with Crippen LogP contribution in [0.5, 0.6) is 0 Å². The molecule has 84 valence electrons. The summed E-state index contributed by atoms with van der Waals surface area (Å²) in [5, 5.41) is 3.77. The van der Waals surface area contributed by atoms with Crippen LogP contribution >= 0.6 is 11.8 Å². The van der Waals surface area contributed by atoms with E-state index in [4.69, 9.17) is 0 Å². The number of aromatic nitrogens is 2. The molecule has 15 heavy (non-hydrogen) atoms. The number of rotatable bonds is 6. The minimum absolute atomic E-state index is 0.682. The SMILES string of the molecule is CCC(C)SCc1nccc(CNC)n1. The van der Waals surface area contributed by atoms with E-state index in [2.05, 4.69) is 29.1 Å². The predicted octanol–water partition coefficient (Wildman–Crippen LogP) is 2.23. The third-order valence-corrected chi connectivity index (χ3v) is 3.52. The number of thioether (sulfide) groups is 1. The van der Waals surface area contributed by atoms with E-state index in [1.165, 1.54) is 6.42 Å². The summed E-state index contributed by atoms with van der Waals surface area (Å²) in [4.78, 5) is 8.74. The Morgan fingerprint density at radius 3 is 3.00 bits per heavy atom. The van der Waals surface area contributed by atoms with E-state index in [0.29, 0.717) is 5.25 Å². The van der Waals surface area contributed by atoms with Gasteiger partial charge in [0.1, 0.15) is 5.82 Å². The van der Waals surface area contributed by atoms with Gasteiger partial charge in [0.25, 0.3) is 0 Å². The number of hydrogen-bond acceptors (Lipinski definition) is 4. The molecule has 0 amide bonds. The van der Waals surface area contributed by atoms with Crippen LogP contribution in [-0.2, 0) is 12.3 Å². The zero-order chi connectivity index (χ0) is 11.1. The van der Waals surface area contributed by atoms with Gasteiger partial charge < -0.3 is 5.32 Å². The first-order valence-electron chi connectivity index (χ1n) is 5.33. The van der Waals surface area contributed by atoms with Gasteiger partial charge in [-0.2, -0.15) is 11.8 Å². The summed E-state index contributed by atoms with van der Waals surface area (Å²) in [5.41, 5.74) is 1.06. The van der Waals surface area contributed by atoms with E-state index in [0.717, 1.165) is 23.8 Å². The Bertz CT molecular complexity index is 291. The van der Waals surface area contributed by atoms with Crippen molar-refractivity contribution in [3.8, 4) is 0 Å². The van der Waals surface area contributed by atoms with Gasteiger partial charge in [0, 0.05) is 18.0 Å². The molecule has 0 saturated carbocycles. The average Bonchev–Trinajstić information content (AvgIpc) is 2.27. The van der Waals surface area contributed by atoms with E-state index < -0.39 is 0 Å². The third kappa shape index (κ3) is 4.62. The molecule has 1 N–H and O–H groups in total. The lowest BCUT2D eigenvalue weighted by Gasteiger charge is -2.07. The van der Waals surface area contributed by atoms with Gasteiger partial charge in [-0.25, -0.2) is 9.97 Å². The molecule has 0 fully saturated rings. The zero-order valence-corrected chi connectivity index (χ0v) is 10.5. The van der Waals surface area contributed by atoms with Crippen molar-refractivity contribution < 1.29 is 0 Å². The lowest BCUT2D eigenvalue weighted by Crippen LogP contribution is -2.08. The predicted molar refractivity (Wildman–Crippen MR) is 65.8 cm³/mol. The summed E-state index contributed by atoms with van der Waals surface area (Å²) in [6, 6.07) is 1.95. The second-order valence-corrected chi connectivity index (χ2v) is 4.95. The van der Waals surface area contributed by atoms with Crippen molar-refractivity contribution in [2.45, 2.75) is 37.8 Å². The van der Waals surface area contributed by atoms with Gasteiger partial charge in [0.05, 0.1) is 11.4 Å². The average molecular weight is 225 g/mol. The van der Waals surface area contributed by atoms with Gasteiger partial charge in [-0.15, -0.1) is 0 Å². The van der Waals surface area contributed by atoms with Crippen molar-refractivity contribution in [2.24, 2.45) is 0 Å². The molecule has 0 saturated heterocycles. The highest BCUT2D eigenvalue weighted by molar-refractivity contribution is 7.99. The molecule has 0 aromatic carbocycles. The number of nitrogens with zero attached hydrogens (tertiary/aromatic N) is 2. The molecule has 1 unspecified atom stereocenters. The fraction of sp³-hybridized carbons (Fsp3) is 0.636. The minimum atomic E-state index is 0.682. The Morgan fingerprint density at radius 2 is 2.33 bits per heavy atom. The molecule has 0 aliphatic rings. The van der Waals surface area contributed by atoms with E-state index >= 15 is 0 Å². The molecule has 3 nitrogen and oxygen atoms in total. The molecule has 1 aromatic rings. The van der Waals surface area contributed by atoms with Crippen LogP contribution in [0, 0.1) is 0 Å². The topological polar surface area (TPSA) is 37.8 Å². The largest absolute Gasteiger partial charge is 0.314 e. The van der Waals surface area contributed by atoms with Crippen LogP contribution in [0.3, 0.4) is 0 Å². The smallest absolute Gasteiger partial charge is 0.138 e. The van der Waals surface area contributed by atoms with E-state index in [1.807, 2.05) is 31.1 Å². The van der Waals surface area contributed by atoms with Crippen LogP contribution in [0.1, 0.15) is 31.8 Å². The number of nitrogens with one attached hydrogen (secondary N) is 1. The van der Waals surface area contributed by atoms with Crippen LogP contribution < -0.4 is 5.32 Å². The molecular formula is C11H19N3S. The maximum Gasteiger partial charge on any atom is 0.138 e. The molecule has 1 rings (SSSR count). The van der Waals surface area contributed by atoms with Crippen LogP contribution in [0.25, 0.3) is 0 Å². The highest BCUT2D eigenvalue weighted by Gasteiger charge is 2.03. The Kier molecular flexibility index (Phi) is 5.65. The highest BCUT2D eigenvalue weighted by Crippen LogP contribution is 2.17. The quantitative estimate of drug-likeness (QED) is 0.805. The monoisotopic (exact) mass is 225 g/mol. The second kappa shape index (κ2) is 6.80. The van der Waals surface area contributed by atoms with E-state index in [-0.39, 0.29) is 0 Å². The molecule has 0 aliphatic heterocycles. The Labute approximate surface area is 96.1 Å². The Balaban J connectivity index is 2.50. The lowest BCUT2D eigenvalue weighted by atomic mass is 10.4. The molecule has 1 heterocycles. The molecular weight excluding hydrogens is 206 g/mol. The fourth-order valence-electron chi connectivity index (χ4n) is 1.13. The summed E-state index contributed by atoms with van der Waals surface area (Å²) in [6.07, 6.45) is 3.03. The Hall–Kier alpha value is -0.610. The van der Waals surface area contributed by atoms with Gasteiger partial charge in [-0.3, -0.25) is 0 Å². The van der Waals surface area contributed by atoms with Gasteiger partial charge in [-0.05, 0) is 19.5 Å². The summed E-state index contributed by atoms with van der Waals surface area (Å²) < 4.78 is 0.